The molecule has 0 unspecified atom stereocenters. The SMILES string of the molecule is CCNC(=NCc1ccc(COC2CCOCC2)cc1)NCCc1ccccc1. The van der Waals surface area contributed by atoms with Crippen LogP contribution in [0.1, 0.15) is 36.5 Å². The highest BCUT2D eigenvalue weighted by atomic mass is 16.5. The molecule has 156 valence electrons. The van der Waals surface area contributed by atoms with Gasteiger partial charge < -0.3 is 20.1 Å². The standard InChI is InChI=1S/C24H33N3O2/c1-2-25-24(26-15-12-20-6-4-3-5-7-20)27-18-21-8-10-22(11-9-21)19-29-23-13-16-28-17-14-23/h3-11,23H,2,12-19H2,1H3,(H2,25,26,27). The third kappa shape index (κ3) is 7.87. The first-order valence-corrected chi connectivity index (χ1v) is 10.7. The van der Waals surface area contributed by atoms with Gasteiger partial charge in [0.25, 0.3) is 0 Å². The Morgan fingerprint density at radius 2 is 1.69 bits per heavy atom. The highest BCUT2D eigenvalue weighted by Gasteiger charge is 2.13. The summed E-state index contributed by atoms with van der Waals surface area (Å²) < 4.78 is 11.4. The van der Waals surface area contributed by atoms with E-state index in [0.29, 0.717) is 19.3 Å². The number of nitrogens with zero attached hydrogens (tertiary/aromatic N) is 1. The zero-order valence-corrected chi connectivity index (χ0v) is 17.4. The lowest BCUT2D eigenvalue weighted by Crippen LogP contribution is -2.38. The van der Waals surface area contributed by atoms with Crippen molar-refractivity contribution in [2.75, 3.05) is 26.3 Å². The largest absolute Gasteiger partial charge is 0.381 e. The molecule has 0 amide bonds. The molecule has 1 saturated heterocycles. The normalized spacial score (nSPS) is 15.3. The Labute approximate surface area is 174 Å². The van der Waals surface area contributed by atoms with Crippen molar-refractivity contribution in [3.8, 4) is 0 Å². The number of guanidine groups is 1. The van der Waals surface area contributed by atoms with Crippen LogP contribution in [0.2, 0.25) is 0 Å². The monoisotopic (exact) mass is 395 g/mol. The average molecular weight is 396 g/mol. The summed E-state index contributed by atoms with van der Waals surface area (Å²) in [6, 6.07) is 19.1. The molecule has 0 aliphatic carbocycles. The van der Waals surface area contributed by atoms with Crippen LogP contribution in [0.4, 0.5) is 0 Å². The van der Waals surface area contributed by atoms with Gasteiger partial charge in [0.15, 0.2) is 5.96 Å². The van der Waals surface area contributed by atoms with Gasteiger partial charge in [-0.25, -0.2) is 4.99 Å². The zero-order chi connectivity index (χ0) is 20.2. The van der Waals surface area contributed by atoms with Crippen molar-refractivity contribution in [3.05, 3.63) is 71.3 Å². The summed E-state index contributed by atoms with van der Waals surface area (Å²) in [4.78, 5) is 4.71. The van der Waals surface area contributed by atoms with Gasteiger partial charge in [-0.15, -0.1) is 0 Å². The van der Waals surface area contributed by atoms with Crippen LogP contribution in [0.5, 0.6) is 0 Å². The summed E-state index contributed by atoms with van der Waals surface area (Å²) in [6.45, 7) is 6.74. The molecule has 0 atom stereocenters. The second-order valence-corrected chi connectivity index (χ2v) is 7.30. The molecule has 1 aliphatic rings. The molecule has 0 bridgehead atoms. The van der Waals surface area contributed by atoms with Crippen molar-refractivity contribution in [2.45, 2.75) is 45.4 Å². The Morgan fingerprint density at radius 1 is 0.966 bits per heavy atom. The molecule has 2 aromatic carbocycles. The van der Waals surface area contributed by atoms with Gasteiger partial charge in [0.05, 0.1) is 19.3 Å². The second kappa shape index (κ2) is 12.2. The van der Waals surface area contributed by atoms with Crippen LogP contribution in [-0.2, 0) is 29.0 Å². The van der Waals surface area contributed by atoms with Crippen molar-refractivity contribution in [1.29, 1.82) is 0 Å². The molecule has 5 nitrogen and oxygen atoms in total. The molecule has 0 saturated carbocycles. The number of hydrogen-bond donors (Lipinski definition) is 2. The predicted octanol–water partition coefficient (Wildman–Crippen LogP) is 3.68. The minimum atomic E-state index is 0.331. The number of hydrogen-bond acceptors (Lipinski definition) is 3. The topological polar surface area (TPSA) is 54.9 Å². The molecule has 2 aromatic rings. The summed E-state index contributed by atoms with van der Waals surface area (Å²) in [7, 11) is 0. The summed E-state index contributed by atoms with van der Waals surface area (Å²) >= 11 is 0. The Bertz CT molecular complexity index is 726. The first-order chi connectivity index (χ1) is 14.3. The molecular formula is C24H33N3O2. The number of benzene rings is 2. The van der Waals surface area contributed by atoms with E-state index in [9.17, 15) is 0 Å². The number of aliphatic imine (C=N–C) groups is 1. The van der Waals surface area contributed by atoms with Crippen molar-refractivity contribution in [2.24, 2.45) is 4.99 Å². The Morgan fingerprint density at radius 3 is 2.41 bits per heavy atom. The van der Waals surface area contributed by atoms with Crippen LogP contribution >= 0.6 is 0 Å². The molecule has 1 fully saturated rings. The van der Waals surface area contributed by atoms with E-state index < -0.39 is 0 Å². The van der Waals surface area contributed by atoms with Crippen LogP contribution in [0.25, 0.3) is 0 Å². The smallest absolute Gasteiger partial charge is 0.191 e. The predicted molar refractivity (Wildman–Crippen MR) is 118 cm³/mol. The minimum Gasteiger partial charge on any atom is -0.381 e. The molecule has 0 aromatic heterocycles. The van der Waals surface area contributed by atoms with Gasteiger partial charge in [0.2, 0.25) is 0 Å². The highest BCUT2D eigenvalue weighted by Crippen LogP contribution is 2.14. The average Bonchev–Trinajstić information content (AvgIpc) is 2.78. The third-order valence-corrected chi connectivity index (χ3v) is 4.99. The molecule has 5 heteroatoms. The molecular weight excluding hydrogens is 362 g/mol. The lowest BCUT2D eigenvalue weighted by atomic mass is 10.1. The van der Waals surface area contributed by atoms with Crippen molar-refractivity contribution in [1.82, 2.24) is 10.6 Å². The molecule has 3 rings (SSSR count). The van der Waals surface area contributed by atoms with E-state index in [-0.39, 0.29) is 0 Å². The van der Waals surface area contributed by atoms with Crippen LogP contribution in [0.3, 0.4) is 0 Å². The maximum absolute atomic E-state index is 5.99. The van der Waals surface area contributed by atoms with Gasteiger partial charge in [-0.05, 0) is 42.9 Å². The van der Waals surface area contributed by atoms with Gasteiger partial charge in [-0.2, -0.15) is 0 Å². The van der Waals surface area contributed by atoms with Gasteiger partial charge in [-0.1, -0.05) is 54.6 Å². The lowest BCUT2D eigenvalue weighted by molar-refractivity contribution is -0.0390. The van der Waals surface area contributed by atoms with Gasteiger partial charge in [0.1, 0.15) is 0 Å². The Kier molecular flexibility index (Phi) is 9.01. The number of nitrogens with one attached hydrogen (secondary N) is 2. The maximum atomic E-state index is 5.99. The first-order valence-electron chi connectivity index (χ1n) is 10.7. The maximum Gasteiger partial charge on any atom is 0.191 e. The molecule has 0 radical (unpaired) electrons. The van der Waals surface area contributed by atoms with E-state index in [4.69, 9.17) is 14.5 Å². The number of rotatable bonds is 9. The fourth-order valence-electron chi connectivity index (χ4n) is 3.28. The summed E-state index contributed by atoms with van der Waals surface area (Å²) in [5, 5.41) is 6.73. The first kappa shape index (κ1) is 21.3. The zero-order valence-electron chi connectivity index (χ0n) is 17.4. The van der Waals surface area contributed by atoms with Gasteiger partial charge in [0, 0.05) is 26.3 Å². The van der Waals surface area contributed by atoms with E-state index in [1.165, 1.54) is 16.7 Å². The van der Waals surface area contributed by atoms with Gasteiger partial charge in [-0.3, -0.25) is 0 Å². The molecule has 1 heterocycles. The van der Waals surface area contributed by atoms with Crippen molar-refractivity contribution in [3.63, 3.8) is 0 Å². The molecule has 2 N–H and O–H groups in total. The minimum absolute atomic E-state index is 0.331. The van der Waals surface area contributed by atoms with Crippen LogP contribution < -0.4 is 10.6 Å². The Hall–Kier alpha value is -2.37. The fourth-order valence-corrected chi connectivity index (χ4v) is 3.28. The molecule has 1 aliphatic heterocycles. The van der Waals surface area contributed by atoms with Gasteiger partial charge >= 0.3 is 0 Å². The molecule has 0 spiro atoms. The summed E-state index contributed by atoms with van der Waals surface area (Å²) in [6.07, 6.45) is 3.31. The second-order valence-electron chi connectivity index (χ2n) is 7.30. The van der Waals surface area contributed by atoms with Crippen molar-refractivity contribution >= 4 is 5.96 Å². The summed E-state index contributed by atoms with van der Waals surface area (Å²) in [5.41, 5.74) is 3.73. The van der Waals surface area contributed by atoms with E-state index in [1.54, 1.807) is 0 Å². The van der Waals surface area contributed by atoms with E-state index in [1.807, 2.05) is 6.07 Å². The fraction of sp³-hybridized carbons (Fsp3) is 0.458. The quantitative estimate of drug-likeness (QED) is 0.502. The number of ether oxygens (including phenoxy) is 2. The van der Waals surface area contributed by atoms with Crippen molar-refractivity contribution < 1.29 is 9.47 Å². The van der Waals surface area contributed by atoms with Crippen LogP contribution in [0.15, 0.2) is 59.6 Å². The summed E-state index contributed by atoms with van der Waals surface area (Å²) in [5.74, 6) is 0.857. The van der Waals surface area contributed by atoms with E-state index >= 15 is 0 Å². The molecule has 29 heavy (non-hydrogen) atoms. The van der Waals surface area contributed by atoms with E-state index in [2.05, 4.69) is 66.1 Å². The van der Waals surface area contributed by atoms with Crippen LogP contribution in [-0.4, -0.2) is 38.4 Å². The van der Waals surface area contributed by atoms with E-state index in [0.717, 1.165) is 51.5 Å². The lowest BCUT2D eigenvalue weighted by Gasteiger charge is -2.22. The highest BCUT2D eigenvalue weighted by molar-refractivity contribution is 5.79. The third-order valence-electron chi connectivity index (χ3n) is 4.99. The van der Waals surface area contributed by atoms with Crippen LogP contribution in [0, 0.1) is 0 Å². The Balaban J connectivity index is 1.44.